The summed E-state index contributed by atoms with van der Waals surface area (Å²) in [5, 5.41) is 16.0. The summed E-state index contributed by atoms with van der Waals surface area (Å²) in [5.74, 6) is 1.12. The van der Waals surface area contributed by atoms with E-state index in [1.807, 2.05) is 12.1 Å². The molecule has 1 fully saturated rings. The van der Waals surface area contributed by atoms with E-state index in [-0.39, 0.29) is 11.2 Å². The van der Waals surface area contributed by atoms with Crippen molar-refractivity contribution in [3.63, 3.8) is 0 Å². The highest BCUT2D eigenvalue weighted by Crippen LogP contribution is 2.31. The predicted molar refractivity (Wildman–Crippen MR) is 116 cm³/mol. The van der Waals surface area contributed by atoms with Crippen LogP contribution in [0.1, 0.15) is 57.4 Å². The van der Waals surface area contributed by atoms with Gasteiger partial charge in [0.2, 0.25) is 0 Å². The maximum absolute atomic E-state index is 10.4. The molecular formula is C22H31N3OS. The number of anilines is 1. The van der Waals surface area contributed by atoms with E-state index in [2.05, 4.69) is 55.4 Å². The first-order valence-electron chi connectivity index (χ1n) is 9.78. The van der Waals surface area contributed by atoms with Gasteiger partial charge in [-0.1, -0.05) is 32.9 Å². The normalized spacial score (nSPS) is 18.6. The van der Waals surface area contributed by atoms with Crippen LogP contribution in [0.3, 0.4) is 0 Å². The van der Waals surface area contributed by atoms with Crippen molar-refractivity contribution in [1.82, 2.24) is 4.90 Å². The fourth-order valence-corrected chi connectivity index (χ4v) is 4.02. The second-order valence-corrected chi connectivity index (χ2v) is 9.40. The molecule has 3 rings (SSSR count). The molecule has 4 nitrogen and oxygen atoms in total. The molecule has 146 valence electrons. The quantitative estimate of drug-likeness (QED) is 0.411. The summed E-state index contributed by atoms with van der Waals surface area (Å²) < 4.78 is 0. The van der Waals surface area contributed by atoms with E-state index >= 15 is 0 Å². The molecule has 0 saturated carbocycles. The summed E-state index contributed by atoms with van der Waals surface area (Å²) in [6, 6.07) is 10.4. The Bertz CT molecular complexity index is 777. The first-order chi connectivity index (χ1) is 12.8. The van der Waals surface area contributed by atoms with E-state index in [4.69, 9.17) is 4.99 Å². The van der Waals surface area contributed by atoms with Crippen molar-refractivity contribution in [3.8, 4) is 5.75 Å². The number of likely N-dealkylation sites (tertiary alicyclic amines) is 1. The number of hydrogen-bond donors (Lipinski definition) is 2. The van der Waals surface area contributed by atoms with Crippen LogP contribution in [0.4, 0.5) is 5.69 Å². The molecule has 27 heavy (non-hydrogen) atoms. The van der Waals surface area contributed by atoms with E-state index in [1.54, 1.807) is 17.4 Å². The van der Waals surface area contributed by atoms with Gasteiger partial charge in [-0.15, -0.1) is 11.3 Å². The van der Waals surface area contributed by atoms with Crippen LogP contribution in [0.2, 0.25) is 0 Å². The van der Waals surface area contributed by atoms with Crippen molar-refractivity contribution in [3.05, 3.63) is 46.2 Å². The van der Waals surface area contributed by atoms with Crippen molar-refractivity contribution in [1.29, 1.82) is 0 Å². The van der Waals surface area contributed by atoms with Gasteiger partial charge in [0.05, 0.1) is 12.2 Å². The van der Waals surface area contributed by atoms with Gasteiger partial charge in [0, 0.05) is 17.5 Å². The van der Waals surface area contributed by atoms with Gasteiger partial charge in [-0.05, 0) is 60.7 Å². The zero-order chi connectivity index (χ0) is 19.4. The lowest BCUT2D eigenvalue weighted by atomic mass is 9.87. The van der Waals surface area contributed by atoms with Crippen molar-refractivity contribution in [2.24, 2.45) is 4.99 Å². The average Bonchev–Trinajstić information content (AvgIpc) is 3.13. The minimum absolute atomic E-state index is 0.0246. The molecule has 1 aromatic carbocycles. The second kappa shape index (κ2) is 8.34. The van der Waals surface area contributed by atoms with E-state index in [0.29, 0.717) is 12.6 Å². The Balaban J connectivity index is 1.90. The van der Waals surface area contributed by atoms with Gasteiger partial charge < -0.3 is 15.3 Å². The van der Waals surface area contributed by atoms with Gasteiger partial charge in [0.1, 0.15) is 5.75 Å². The number of hydrogen-bond acceptors (Lipinski definition) is 3. The minimum Gasteiger partial charge on any atom is -0.506 e. The fraction of sp³-hybridized carbons (Fsp3) is 0.500. The largest absolute Gasteiger partial charge is 0.506 e. The van der Waals surface area contributed by atoms with Crippen LogP contribution in [0.15, 0.2) is 40.7 Å². The van der Waals surface area contributed by atoms with Crippen molar-refractivity contribution in [2.75, 3.05) is 11.9 Å². The first kappa shape index (κ1) is 19.7. The molecule has 1 aromatic heterocycles. The maximum Gasteiger partial charge on any atom is 0.199 e. The Morgan fingerprint density at radius 3 is 2.78 bits per heavy atom. The highest BCUT2D eigenvalue weighted by molar-refractivity contribution is 7.09. The van der Waals surface area contributed by atoms with E-state index in [1.165, 1.54) is 29.7 Å². The molecule has 1 atom stereocenters. The number of rotatable bonds is 3. The summed E-state index contributed by atoms with van der Waals surface area (Å²) in [6.45, 7) is 10.5. The molecule has 0 bridgehead atoms. The fourth-order valence-electron chi connectivity index (χ4n) is 3.39. The molecule has 2 N–H and O–H groups in total. The van der Waals surface area contributed by atoms with Crippen molar-refractivity contribution in [2.45, 2.75) is 65.0 Å². The Morgan fingerprint density at radius 1 is 1.30 bits per heavy atom. The molecule has 2 aromatic rings. The highest BCUT2D eigenvalue weighted by Gasteiger charge is 2.23. The van der Waals surface area contributed by atoms with E-state index in [0.717, 1.165) is 18.2 Å². The number of nitrogens with one attached hydrogen (secondary N) is 1. The molecule has 1 saturated heterocycles. The molecule has 0 amide bonds. The van der Waals surface area contributed by atoms with Gasteiger partial charge in [-0.25, -0.2) is 4.99 Å². The number of aromatic hydroxyl groups is 1. The number of nitrogens with zero attached hydrogens (tertiary/aromatic N) is 2. The molecule has 2 heterocycles. The molecule has 1 aliphatic heterocycles. The van der Waals surface area contributed by atoms with E-state index in [9.17, 15) is 5.11 Å². The first-order valence-corrected chi connectivity index (χ1v) is 10.7. The third-order valence-electron chi connectivity index (χ3n) is 5.15. The summed E-state index contributed by atoms with van der Waals surface area (Å²) in [4.78, 5) is 8.49. The topological polar surface area (TPSA) is 47.9 Å². The number of benzene rings is 1. The number of piperidine rings is 1. The summed E-state index contributed by atoms with van der Waals surface area (Å²) in [5.41, 5.74) is 1.94. The lowest BCUT2D eigenvalue weighted by Gasteiger charge is -2.36. The molecule has 1 unspecified atom stereocenters. The zero-order valence-corrected chi connectivity index (χ0v) is 17.6. The van der Waals surface area contributed by atoms with Crippen LogP contribution in [0.25, 0.3) is 0 Å². The summed E-state index contributed by atoms with van der Waals surface area (Å²) >= 11 is 1.72. The van der Waals surface area contributed by atoms with Gasteiger partial charge in [0.25, 0.3) is 0 Å². The van der Waals surface area contributed by atoms with Gasteiger partial charge in [-0.2, -0.15) is 0 Å². The number of thiophene rings is 1. The Hall–Kier alpha value is -2.01. The number of aliphatic imine (C=N–C) groups is 1. The number of guanidine groups is 1. The van der Waals surface area contributed by atoms with Crippen LogP contribution in [0, 0.1) is 0 Å². The standard InChI is InChI=1S/C22H31N3OS/c1-16-8-5-6-12-25(16)21(23-15-18-9-7-13-27-18)24-19-14-17(22(2,3)4)10-11-20(19)26/h7,9-11,13-14,16,26H,5-6,8,12,15H2,1-4H3,(H,23,24). The molecule has 0 radical (unpaired) electrons. The van der Waals surface area contributed by atoms with Crippen molar-refractivity contribution < 1.29 is 5.11 Å². The molecule has 0 aliphatic carbocycles. The van der Waals surface area contributed by atoms with Crippen LogP contribution < -0.4 is 5.32 Å². The zero-order valence-electron chi connectivity index (χ0n) is 16.8. The van der Waals surface area contributed by atoms with E-state index < -0.39 is 0 Å². The summed E-state index contributed by atoms with van der Waals surface area (Å²) in [7, 11) is 0. The third-order valence-corrected chi connectivity index (χ3v) is 6.01. The number of phenols is 1. The minimum atomic E-state index is 0.0246. The van der Waals surface area contributed by atoms with Crippen molar-refractivity contribution >= 4 is 23.0 Å². The SMILES string of the molecule is CC1CCCCN1C(=NCc1cccs1)Nc1cc(C(C)(C)C)ccc1O. The predicted octanol–water partition coefficient (Wildman–Crippen LogP) is 5.59. The molecule has 0 spiro atoms. The maximum atomic E-state index is 10.4. The molecular weight excluding hydrogens is 354 g/mol. The van der Waals surface area contributed by atoms with Crippen LogP contribution in [-0.4, -0.2) is 28.6 Å². The van der Waals surface area contributed by atoms with Gasteiger partial charge >= 0.3 is 0 Å². The lowest BCUT2D eigenvalue weighted by Crippen LogP contribution is -2.45. The van der Waals surface area contributed by atoms with Gasteiger partial charge in [-0.3, -0.25) is 0 Å². The van der Waals surface area contributed by atoms with Crippen LogP contribution >= 0.6 is 11.3 Å². The Kier molecular flexibility index (Phi) is 6.10. The monoisotopic (exact) mass is 385 g/mol. The Labute approximate surface area is 167 Å². The lowest BCUT2D eigenvalue weighted by molar-refractivity contribution is 0.257. The van der Waals surface area contributed by atoms with Gasteiger partial charge in [0.15, 0.2) is 5.96 Å². The second-order valence-electron chi connectivity index (χ2n) is 8.36. The smallest absolute Gasteiger partial charge is 0.199 e. The average molecular weight is 386 g/mol. The molecule has 1 aliphatic rings. The Morgan fingerprint density at radius 2 is 2.11 bits per heavy atom. The summed E-state index contributed by atoms with van der Waals surface area (Å²) in [6.07, 6.45) is 3.62. The third kappa shape index (κ3) is 5.04. The molecule has 5 heteroatoms. The number of phenolic OH excluding ortho intramolecular Hbond substituents is 1. The highest BCUT2D eigenvalue weighted by atomic mass is 32.1. The van der Waals surface area contributed by atoms with Crippen LogP contribution in [-0.2, 0) is 12.0 Å². The van der Waals surface area contributed by atoms with Crippen LogP contribution in [0.5, 0.6) is 5.75 Å².